The van der Waals surface area contributed by atoms with E-state index in [0.29, 0.717) is 30.1 Å². The summed E-state index contributed by atoms with van der Waals surface area (Å²) in [7, 11) is -2.04. The van der Waals surface area contributed by atoms with E-state index >= 15 is 0 Å². The number of rotatable bonds is 7. The number of carbonyl (C=O) groups excluding carboxylic acids is 3. The summed E-state index contributed by atoms with van der Waals surface area (Å²) in [6.45, 7) is 3.06. The Kier molecular flexibility index (Phi) is 7.59. The van der Waals surface area contributed by atoms with Crippen molar-refractivity contribution in [3.8, 4) is 0 Å². The summed E-state index contributed by atoms with van der Waals surface area (Å²) in [4.78, 5) is 41.2. The van der Waals surface area contributed by atoms with Crippen LogP contribution in [0, 0.1) is 0 Å². The molecule has 3 aliphatic heterocycles. The van der Waals surface area contributed by atoms with E-state index < -0.39 is 16.1 Å². The Morgan fingerprint density at radius 3 is 2.31 bits per heavy atom. The van der Waals surface area contributed by atoms with Crippen LogP contribution in [0.5, 0.6) is 0 Å². The molecule has 218 valence electrons. The van der Waals surface area contributed by atoms with Gasteiger partial charge < -0.3 is 4.90 Å². The van der Waals surface area contributed by atoms with Crippen LogP contribution >= 0.6 is 0 Å². The van der Waals surface area contributed by atoms with E-state index in [9.17, 15) is 22.8 Å². The summed E-state index contributed by atoms with van der Waals surface area (Å²) >= 11 is 0. The number of carbonyl (C=O) groups is 3. The van der Waals surface area contributed by atoms with Crippen LogP contribution in [0.25, 0.3) is 0 Å². The molecule has 42 heavy (non-hydrogen) atoms. The van der Waals surface area contributed by atoms with E-state index in [1.165, 1.54) is 9.87 Å². The number of imide groups is 1. The molecule has 1 unspecified atom stereocenters. The molecule has 2 saturated heterocycles. The Bertz CT molecular complexity index is 1620. The topological polar surface area (TPSA) is 107 Å². The Balaban J connectivity index is 1.04. The van der Waals surface area contributed by atoms with Gasteiger partial charge in [-0.15, -0.1) is 0 Å². The number of benzene rings is 3. The second-order valence-electron chi connectivity index (χ2n) is 11.3. The summed E-state index contributed by atoms with van der Waals surface area (Å²) < 4.78 is 27.2. The second kappa shape index (κ2) is 11.3. The summed E-state index contributed by atoms with van der Waals surface area (Å²) in [5.41, 5.74) is 4.56. The van der Waals surface area contributed by atoms with Gasteiger partial charge in [0.2, 0.25) is 11.8 Å². The van der Waals surface area contributed by atoms with Crippen molar-refractivity contribution in [1.82, 2.24) is 15.1 Å². The fourth-order valence-electron chi connectivity index (χ4n) is 6.23. The molecule has 1 N–H and O–H groups in total. The highest BCUT2D eigenvalue weighted by atomic mass is 32.2. The van der Waals surface area contributed by atoms with E-state index in [-0.39, 0.29) is 29.0 Å². The molecular formula is C32H34N4O5S. The number of sulfonamides is 1. The normalized spacial score (nSPS) is 20.0. The van der Waals surface area contributed by atoms with Gasteiger partial charge in [-0.3, -0.25) is 28.9 Å². The molecule has 0 aliphatic carbocycles. The van der Waals surface area contributed by atoms with Crippen LogP contribution in [0.3, 0.4) is 0 Å². The molecule has 0 radical (unpaired) electrons. The van der Waals surface area contributed by atoms with Crippen molar-refractivity contribution >= 4 is 33.4 Å². The van der Waals surface area contributed by atoms with Crippen molar-refractivity contribution in [2.24, 2.45) is 0 Å². The SMILES string of the molecule is CN(c1ccc(CN2CCC(c3ccc4c(c3)CN(C3CCC(=O)NC3=O)C4=O)CC2)cc1)S(=O)(=O)c1ccccc1. The number of hydrogen-bond acceptors (Lipinski definition) is 6. The molecule has 0 saturated carbocycles. The zero-order chi connectivity index (χ0) is 29.4. The van der Waals surface area contributed by atoms with Crippen molar-refractivity contribution in [1.29, 1.82) is 0 Å². The Morgan fingerprint density at radius 1 is 0.905 bits per heavy atom. The number of nitrogens with one attached hydrogen (secondary N) is 1. The van der Waals surface area contributed by atoms with Gasteiger partial charge in [-0.05, 0) is 85.3 Å². The van der Waals surface area contributed by atoms with Crippen molar-refractivity contribution in [3.05, 3.63) is 95.1 Å². The minimum absolute atomic E-state index is 0.143. The standard InChI is InChI=1S/C32H34N4O5S/c1-34(42(40,41)27-5-3-2-4-6-27)26-10-7-22(8-11-26)20-35-17-15-23(16-18-35)24-9-12-28-25(19-24)21-36(32(28)39)29-13-14-30(37)33-31(29)38/h2-12,19,23,29H,13-18,20-21H2,1H3,(H,33,37,38). The first-order valence-electron chi connectivity index (χ1n) is 14.3. The number of piperidine rings is 2. The summed E-state index contributed by atoms with van der Waals surface area (Å²) in [5, 5.41) is 2.36. The lowest BCUT2D eigenvalue weighted by Crippen LogP contribution is -2.52. The van der Waals surface area contributed by atoms with Gasteiger partial charge in [-0.25, -0.2) is 8.42 Å². The highest BCUT2D eigenvalue weighted by Gasteiger charge is 2.39. The third-order valence-electron chi connectivity index (χ3n) is 8.71. The van der Waals surface area contributed by atoms with Crippen molar-refractivity contribution in [3.63, 3.8) is 0 Å². The molecule has 2 fully saturated rings. The van der Waals surface area contributed by atoms with Crippen molar-refractivity contribution in [2.45, 2.75) is 55.6 Å². The van der Waals surface area contributed by atoms with Gasteiger partial charge in [-0.1, -0.05) is 42.5 Å². The zero-order valence-corrected chi connectivity index (χ0v) is 24.3. The van der Waals surface area contributed by atoms with Crippen LogP contribution < -0.4 is 9.62 Å². The Morgan fingerprint density at radius 2 is 1.62 bits per heavy atom. The van der Waals surface area contributed by atoms with Gasteiger partial charge in [-0.2, -0.15) is 0 Å². The minimum Gasteiger partial charge on any atom is -0.322 e. The smallest absolute Gasteiger partial charge is 0.264 e. The second-order valence-corrected chi connectivity index (χ2v) is 13.3. The quantitative estimate of drug-likeness (QED) is 0.424. The Hall–Kier alpha value is -4.02. The molecule has 3 aromatic rings. The van der Waals surface area contributed by atoms with Crippen LogP contribution in [0.1, 0.15) is 58.6 Å². The van der Waals surface area contributed by atoms with Crippen LogP contribution in [0.4, 0.5) is 5.69 Å². The summed E-state index contributed by atoms with van der Waals surface area (Å²) in [6.07, 6.45) is 2.61. The van der Waals surface area contributed by atoms with Crippen LogP contribution in [-0.2, 0) is 32.7 Å². The van der Waals surface area contributed by atoms with Gasteiger partial charge in [0.25, 0.3) is 15.9 Å². The van der Waals surface area contributed by atoms with E-state index in [1.807, 2.05) is 36.4 Å². The fourth-order valence-corrected chi connectivity index (χ4v) is 7.45. The van der Waals surface area contributed by atoms with Crippen LogP contribution in [0.15, 0.2) is 77.7 Å². The lowest BCUT2D eigenvalue weighted by atomic mass is 9.87. The maximum absolute atomic E-state index is 13.0. The molecule has 3 aromatic carbocycles. The van der Waals surface area contributed by atoms with E-state index in [4.69, 9.17) is 0 Å². The van der Waals surface area contributed by atoms with E-state index in [0.717, 1.165) is 43.6 Å². The van der Waals surface area contributed by atoms with Crippen LogP contribution in [-0.4, -0.2) is 62.1 Å². The molecule has 0 spiro atoms. The largest absolute Gasteiger partial charge is 0.322 e. The first kappa shape index (κ1) is 28.1. The van der Waals surface area contributed by atoms with Gasteiger partial charge >= 0.3 is 0 Å². The summed E-state index contributed by atoms with van der Waals surface area (Å²) in [6, 6.07) is 21.6. The number of anilines is 1. The molecule has 0 aromatic heterocycles. The van der Waals surface area contributed by atoms with Gasteiger partial charge in [0.15, 0.2) is 0 Å². The number of fused-ring (bicyclic) bond motifs is 1. The monoisotopic (exact) mass is 586 g/mol. The molecule has 1 atom stereocenters. The molecule has 3 amide bonds. The molecule has 6 rings (SSSR count). The lowest BCUT2D eigenvalue weighted by molar-refractivity contribution is -0.136. The molecular weight excluding hydrogens is 552 g/mol. The van der Waals surface area contributed by atoms with E-state index in [1.54, 1.807) is 42.3 Å². The average Bonchev–Trinajstić information content (AvgIpc) is 3.33. The molecule has 0 bridgehead atoms. The predicted molar refractivity (Wildman–Crippen MR) is 158 cm³/mol. The number of likely N-dealkylation sites (tertiary alicyclic amines) is 1. The third-order valence-corrected chi connectivity index (χ3v) is 10.5. The minimum atomic E-state index is -3.61. The fraction of sp³-hybridized carbons (Fsp3) is 0.344. The highest BCUT2D eigenvalue weighted by Crippen LogP contribution is 2.34. The number of nitrogens with zero attached hydrogens (tertiary/aromatic N) is 3. The average molecular weight is 587 g/mol. The van der Waals surface area contributed by atoms with Gasteiger partial charge in [0, 0.05) is 32.1 Å². The maximum Gasteiger partial charge on any atom is 0.264 e. The van der Waals surface area contributed by atoms with Gasteiger partial charge in [0.1, 0.15) is 6.04 Å². The number of hydrogen-bond donors (Lipinski definition) is 1. The van der Waals surface area contributed by atoms with Gasteiger partial charge in [0.05, 0.1) is 10.6 Å². The lowest BCUT2D eigenvalue weighted by Gasteiger charge is -2.32. The predicted octanol–water partition coefficient (Wildman–Crippen LogP) is 3.65. The molecule has 10 heteroatoms. The maximum atomic E-state index is 13.0. The van der Waals surface area contributed by atoms with E-state index in [2.05, 4.69) is 16.3 Å². The molecule has 3 aliphatic rings. The van der Waals surface area contributed by atoms with Crippen molar-refractivity contribution < 1.29 is 22.8 Å². The first-order valence-corrected chi connectivity index (χ1v) is 15.8. The Labute approximate surface area is 246 Å². The summed E-state index contributed by atoms with van der Waals surface area (Å²) in [5.74, 6) is -0.423. The first-order chi connectivity index (χ1) is 20.2. The molecule has 3 heterocycles. The van der Waals surface area contributed by atoms with Crippen molar-refractivity contribution in [2.75, 3.05) is 24.4 Å². The zero-order valence-electron chi connectivity index (χ0n) is 23.5. The highest BCUT2D eigenvalue weighted by molar-refractivity contribution is 7.92. The molecule has 9 nitrogen and oxygen atoms in total. The number of amides is 3. The third kappa shape index (κ3) is 5.44. The van der Waals surface area contributed by atoms with Crippen LogP contribution in [0.2, 0.25) is 0 Å².